The number of esters is 1. The van der Waals surface area contributed by atoms with Crippen molar-refractivity contribution in [2.75, 3.05) is 13.1 Å². The van der Waals surface area contributed by atoms with E-state index in [4.69, 9.17) is 9.47 Å². The first-order valence-corrected chi connectivity index (χ1v) is 9.29. The molecule has 1 N–H and O–H groups in total. The highest BCUT2D eigenvalue weighted by Crippen LogP contribution is 2.18. The van der Waals surface area contributed by atoms with Gasteiger partial charge in [-0.05, 0) is 60.8 Å². The van der Waals surface area contributed by atoms with E-state index >= 15 is 0 Å². The van der Waals surface area contributed by atoms with E-state index in [1.165, 1.54) is 0 Å². The van der Waals surface area contributed by atoms with Crippen molar-refractivity contribution in [1.82, 2.24) is 10.2 Å². The lowest BCUT2D eigenvalue weighted by Gasteiger charge is -2.32. The number of carbonyl (C=O) groups excluding carboxylic acids is 3. The minimum atomic E-state index is -0.867. The fourth-order valence-corrected chi connectivity index (χ4v) is 2.71. The Balaban J connectivity index is 2.75. The van der Waals surface area contributed by atoms with Gasteiger partial charge in [-0.15, -0.1) is 0 Å². The first-order valence-electron chi connectivity index (χ1n) is 9.29. The summed E-state index contributed by atoms with van der Waals surface area (Å²) in [5.41, 5.74) is -1.33. The summed E-state index contributed by atoms with van der Waals surface area (Å²) in [7, 11) is 0. The SMILES string of the molecule is C[C@@H]1CCCN(CC[C@H](NC(=O)OC(C)(C)C)C(=O)OC(C)(C)C)C1=O. The van der Waals surface area contributed by atoms with Crippen molar-refractivity contribution in [1.29, 1.82) is 0 Å². The van der Waals surface area contributed by atoms with Crippen LogP contribution >= 0.6 is 0 Å². The third-order valence-corrected chi connectivity index (χ3v) is 3.87. The van der Waals surface area contributed by atoms with E-state index in [1.54, 1.807) is 46.4 Å². The third kappa shape index (κ3) is 8.06. The maximum Gasteiger partial charge on any atom is 0.408 e. The molecule has 2 amide bonds. The molecule has 1 rings (SSSR count). The molecule has 0 saturated carbocycles. The summed E-state index contributed by atoms with van der Waals surface area (Å²) in [6.07, 6.45) is 1.45. The van der Waals surface area contributed by atoms with Gasteiger partial charge in [-0.1, -0.05) is 6.92 Å². The number of nitrogens with zero attached hydrogens (tertiary/aromatic N) is 1. The smallest absolute Gasteiger partial charge is 0.408 e. The van der Waals surface area contributed by atoms with Crippen molar-refractivity contribution in [2.45, 2.75) is 85.0 Å². The average molecular weight is 370 g/mol. The first-order chi connectivity index (χ1) is 11.8. The number of hydrogen-bond acceptors (Lipinski definition) is 5. The summed E-state index contributed by atoms with van der Waals surface area (Å²) in [6.45, 7) is 13.6. The Kier molecular flexibility index (Phi) is 7.47. The molecule has 0 unspecified atom stereocenters. The number of alkyl carbamates (subject to hydrolysis) is 1. The maximum atomic E-state index is 12.5. The number of piperidine rings is 1. The van der Waals surface area contributed by atoms with Crippen molar-refractivity contribution < 1.29 is 23.9 Å². The minimum absolute atomic E-state index is 0.00235. The van der Waals surface area contributed by atoms with Crippen molar-refractivity contribution >= 4 is 18.0 Å². The van der Waals surface area contributed by atoms with Crippen LogP contribution in [0.5, 0.6) is 0 Å². The monoisotopic (exact) mass is 370 g/mol. The normalized spacial score (nSPS) is 19.7. The van der Waals surface area contributed by atoms with Crippen LogP contribution in [-0.4, -0.2) is 53.2 Å². The Morgan fingerprint density at radius 2 is 1.73 bits per heavy atom. The van der Waals surface area contributed by atoms with E-state index in [9.17, 15) is 14.4 Å². The summed E-state index contributed by atoms with van der Waals surface area (Å²) in [6, 6.07) is -0.867. The second-order valence-corrected chi connectivity index (χ2v) is 8.89. The number of likely N-dealkylation sites (tertiary alicyclic amines) is 1. The zero-order valence-corrected chi connectivity index (χ0v) is 17.2. The molecule has 0 aromatic carbocycles. The molecule has 1 aliphatic rings. The molecule has 0 radical (unpaired) electrons. The van der Waals surface area contributed by atoms with Gasteiger partial charge >= 0.3 is 12.1 Å². The minimum Gasteiger partial charge on any atom is -0.458 e. The van der Waals surface area contributed by atoms with Gasteiger partial charge in [0.25, 0.3) is 0 Å². The van der Waals surface area contributed by atoms with Gasteiger partial charge in [0.05, 0.1) is 0 Å². The molecular weight excluding hydrogens is 336 g/mol. The average Bonchev–Trinajstić information content (AvgIpc) is 2.43. The molecule has 1 saturated heterocycles. The van der Waals surface area contributed by atoms with Crippen molar-refractivity contribution in [3.05, 3.63) is 0 Å². The van der Waals surface area contributed by atoms with E-state index in [1.807, 2.05) is 6.92 Å². The van der Waals surface area contributed by atoms with Gasteiger partial charge in [0.15, 0.2) is 0 Å². The fourth-order valence-electron chi connectivity index (χ4n) is 2.71. The van der Waals surface area contributed by atoms with Gasteiger partial charge in [-0.25, -0.2) is 9.59 Å². The van der Waals surface area contributed by atoms with Crippen LogP contribution < -0.4 is 5.32 Å². The lowest BCUT2D eigenvalue weighted by atomic mass is 9.99. The maximum absolute atomic E-state index is 12.5. The van der Waals surface area contributed by atoms with Gasteiger partial charge < -0.3 is 19.7 Å². The van der Waals surface area contributed by atoms with Crippen molar-refractivity contribution in [3.63, 3.8) is 0 Å². The molecule has 0 aliphatic carbocycles. The second-order valence-electron chi connectivity index (χ2n) is 8.89. The van der Waals surface area contributed by atoms with Crippen LogP contribution in [0.1, 0.15) is 67.7 Å². The van der Waals surface area contributed by atoms with Crippen LogP contribution in [0.4, 0.5) is 4.79 Å². The van der Waals surface area contributed by atoms with Gasteiger partial charge in [-0.2, -0.15) is 0 Å². The molecule has 0 aromatic rings. The van der Waals surface area contributed by atoms with E-state index in [0.29, 0.717) is 13.1 Å². The number of rotatable bonds is 5. The van der Waals surface area contributed by atoms with Crippen LogP contribution in [0, 0.1) is 5.92 Å². The molecule has 1 heterocycles. The highest BCUT2D eigenvalue weighted by Gasteiger charge is 2.31. The van der Waals surface area contributed by atoms with Gasteiger partial charge in [-0.3, -0.25) is 4.79 Å². The Bertz CT molecular complexity index is 519. The van der Waals surface area contributed by atoms with Crippen LogP contribution in [0.25, 0.3) is 0 Å². The number of nitrogens with one attached hydrogen (secondary N) is 1. The number of hydrogen-bond donors (Lipinski definition) is 1. The fraction of sp³-hybridized carbons (Fsp3) is 0.842. The third-order valence-electron chi connectivity index (χ3n) is 3.87. The molecule has 7 heteroatoms. The molecule has 2 atom stereocenters. The Hall–Kier alpha value is -1.79. The number of amides is 2. The van der Waals surface area contributed by atoms with Crippen LogP contribution in [0.2, 0.25) is 0 Å². The topological polar surface area (TPSA) is 84.9 Å². The van der Waals surface area contributed by atoms with Crippen LogP contribution in [-0.2, 0) is 19.1 Å². The summed E-state index contributed by atoms with van der Waals surface area (Å²) < 4.78 is 10.6. The lowest BCUT2D eigenvalue weighted by Crippen LogP contribution is -2.49. The van der Waals surface area contributed by atoms with E-state index in [2.05, 4.69) is 5.32 Å². The Labute approximate surface area is 156 Å². The molecule has 1 fully saturated rings. The predicted molar refractivity (Wildman–Crippen MR) is 98.6 cm³/mol. The van der Waals surface area contributed by atoms with Gasteiger partial charge in [0.1, 0.15) is 17.2 Å². The highest BCUT2D eigenvalue weighted by molar-refractivity contribution is 5.82. The summed E-state index contributed by atoms with van der Waals surface area (Å²) in [5.74, 6) is -0.431. The Morgan fingerprint density at radius 1 is 1.15 bits per heavy atom. The Morgan fingerprint density at radius 3 is 2.27 bits per heavy atom. The summed E-state index contributed by atoms with van der Waals surface area (Å²) >= 11 is 0. The molecule has 0 spiro atoms. The van der Waals surface area contributed by atoms with E-state index in [-0.39, 0.29) is 18.2 Å². The zero-order chi connectivity index (χ0) is 20.1. The second kappa shape index (κ2) is 8.73. The van der Waals surface area contributed by atoms with E-state index < -0.39 is 29.3 Å². The number of ether oxygens (including phenoxy) is 2. The molecule has 150 valence electrons. The van der Waals surface area contributed by atoms with Gasteiger partial charge in [0, 0.05) is 19.0 Å². The lowest BCUT2D eigenvalue weighted by molar-refractivity contribution is -0.158. The quantitative estimate of drug-likeness (QED) is 0.752. The molecule has 7 nitrogen and oxygen atoms in total. The molecule has 1 aliphatic heterocycles. The summed E-state index contributed by atoms with van der Waals surface area (Å²) in [5, 5.41) is 2.59. The van der Waals surface area contributed by atoms with Crippen molar-refractivity contribution in [3.8, 4) is 0 Å². The van der Waals surface area contributed by atoms with Crippen molar-refractivity contribution in [2.24, 2.45) is 5.92 Å². The van der Waals surface area contributed by atoms with Gasteiger partial charge in [0.2, 0.25) is 5.91 Å². The first kappa shape index (κ1) is 22.3. The zero-order valence-electron chi connectivity index (χ0n) is 17.2. The van der Waals surface area contributed by atoms with Crippen LogP contribution in [0.3, 0.4) is 0 Å². The predicted octanol–water partition coefficient (Wildman–Crippen LogP) is 2.87. The summed E-state index contributed by atoms with van der Waals surface area (Å²) in [4.78, 5) is 38.6. The van der Waals surface area contributed by atoms with Crippen LogP contribution in [0.15, 0.2) is 0 Å². The molecular formula is C19H34N2O5. The molecule has 0 bridgehead atoms. The molecule has 0 aromatic heterocycles. The number of carbonyl (C=O) groups is 3. The standard InChI is InChI=1S/C19H34N2O5/c1-13-9-8-11-21(15(13)22)12-10-14(16(23)25-18(2,3)4)20-17(24)26-19(5,6)7/h13-14H,8-12H2,1-7H3,(H,20,24)/t13-,14+/m1/s1. The van der Waals surface area contributed by atoms with E-state index in [0.717, 1.165) is 12.8 Å². The molecule has 26 heavy (non-hydrogen) atoms. The highest BCUT2D eigenvalue weighted by atomic mass is 16.6. The largest absolute Gasteiger partial charge is 0.458 e.